The topological polar surface area (TPSA) is 46.2 Å². The van der Waals surface area contributed by atoms with Crippen LogP contribution in [0.2, 0.25) is 0 Å². The molecule has 1 atom stereocenters. The number of hydrogen-bond acceptors (Lipinski definition) is 2. The minimum absolute atomic E-state index is 0.0511. The third-order valence-corrected chi connectivity index (χ3v) is 4.88. The molecule has 2 rings (SSSR count). The van der Waals surface area contributed by atoms with E-state index in [1.807, 2.05) is 30.3 Å². The van der Waals surface area contributed by atoms with Gasteiger partial charge in [0.2, 0.25) is 5.91 Å². The molecule has 0 bridgehead atoms. The molecule has 3 nitrogen and oxygen atoms in total. The lowest BCUT2D eigenvalue weighted by Crippen LogP contribution is -2.42. The predicted octanol–water partition coefficient (Wildman–Crippen LogP) is 3.38. The van der Waals surface area contributed by atoms with Gasteiger partial charge in [-0.25, -0.2) is 0 Å². The summed E-state index contributed by atoms with van der Waals surface area (Å²) in [5.41, 5.74) is 1.07. The van der Waals surface area contributed by atoms with Crippen LogP contribution in [-0.2, 0) is 16.0 Å². The Morgan fingerprint density at radius 3 is 2.36 bits per heavy atom. The van der Waals surface area contributed by atoms with Gasteiger partial charge in [-0.05, 0) is 49.5 Å². The minimum atomic E-state index is -0.419. The van der Waals surface area contributed by atoms with Gasteiger partial charge in [0.1, 0.15) is 6.29 Å². The van der Waals surface area contributed by atoms with Crippen molar-refractivity contribution in [3.8, 4) is 0 Å². The van der Waals surface area contributed by atoms with Crippen molar-refractivity contribution in [1.82, 2.24) is 5.32 Å². The van der Waals surface area contributed by atoms with Crippen molar-refractivity contribution in [1.29, 1.82) is 0 Å². The number of benzene rings is 1. The van der Waals surface area contributed by atoms with E-state index >= 15 is 0 Å². The van der Waals surface area contributed by atoms with Gasteiger partial charge in [0, 0.05) is 5.92 Å². The van der Waals surface area contributed by atoms with Crippen LogP contribution in [0.15, 0.2) is 30.3 Å². The third kappa shape index (κ3) is 4.69. The molecule has 1 saturated carbocycles. The van der Waals surface area contributed by atoms with E-state index < -0.39 is 6.04 Å². The minimum Gasteiger partial charge on any atom is -0.346 e. The molecular formula is C19H27NO2. The van der Waals surface area contributed by atoms with Crippen LogP contribution in [-0.4, -0.2) is 18.2 Å². The van der Waals surface area contributed by atoms with Crippen LogP contribution in [0.3, 0.4) is 0 Å². The summed E-state index contributed by atoms with van der Waals surface area (Å²) in [6.07, 6.45) is 5.57. The van der Waals surface area contributed by atoms with E-state index in [1.165, 1.54) is 0 Å². The summed E-state index contributed by atoms with van der Waals surface area (Å²) in [5.74, 6) is 1.57. The van der Waals surface area contributed by atoms with Crippen molar-refractivity contribution in [2.45, 2.75) is 52.0 Å². The first kappa shape index (κ1) is 16.7. The molecule has 1 amide bonds. The monoisotopic (exact) mass is 301 g/mol. The molecule has 0 aliphatic heterocycles. The van der Waals surface area contributed by atoms with Crippen LogP contribution in [0.4, 0.5) is 0 Å². The maximum Gasteiger partial charge on any atom is 0.223 e. The lowest BCUT2D eigenvalue weighted by Gasteiger charge is -2.30. The summed E-state index contributed by atoms with van der Waals surface area (Å²) >= 11 is 0. The van der Waals surface area contributed by atoms with Crippen LogP contribution < -0.4 is 5.32 Å². The zero-order valence-electron chi connectivity index (χ0n) is 13.6. The molecule has 0 heterocycles. The van der Waals surface area contributed by atoms with Gasteiger partial charge >= 0.3 is 0 Å². The molecule has 22 heavy (non-hydrogen) atoms. The van der Waals surface area contributed by atoms with Crippen molar-refractivity contribution in [3.63, 3.8) is 0 Å². The van der Waals surface area contributed by atoms with E-state index in [0.29, 0.717) is 12.3 Å². The molecule has 0 aromatic heterocycles. The molecule has 0 saturated heterocycles. The second-order valence-electron chi connectivity index (χ2n) is 6.80. The van der Waals surface area contributed by atoms with Crippen LogP contribution in [0.1, 0.15) is 45.1 Å². The molecule has 0 unspecified atom stereocenters. The quantitative estimate of drug-likeness (QED) is 0.819. The lowest BCUT2D eigenvalue weighted by atomic mass is 9.76. The number of hydrogen-bond donors (Lipinski definition) is 1. The van der Waals surface area contributed by atoms with Crippen LogP contribution in [0.25, 0.3) is 0 Å². The van der Waals surface area contributed by atoms with Gasteiger partial charge in [-0.2, -0.15) is 0 Å². The maximum absolute atomic E-state index is 12.4. The van der Waals surface area contributed by atoms with E-state index in [0.717, 1.165) is 43.5 Å². The molecular weight excluding hydrogens is 274 g/mol. The van der Waals surface area contributed by atoms with Gasteiger partial charge in [0.25, 0.3) is 0 Å². The molecule has 1 aliphatic carbocycles. The fraction of sp³-hybridized carbons (Fsp3) is 0.579. The van der Waals surface area contributed by atoms with Gasteiger partial charge in [-0.15, -0.1) is 0 Å². The number of aldehydes is 1. The molecule has 1 N–H and O–H groups in total. The Labute approximate surface area is 133 Å². The van der Waals surface area contributed by atoms with E-state index in [1.54, 1.807) is 0 Å². The largest absolute Gasteiger partial charge is 0.346 e. The van der Waals surface area contributed by atoms with Crippen molar-refractivity contribution in [2.75, 3.05) is 0 Å². The Morgan fingerprint density at radius 1 is 1.18 bits per heavy atom. The van der Waals surface area contributed by atoms with Gasteiger partial charge < -0.3 is 10.1 Å². The summed E-state index contributed by atoms with van der Waals surface area (Å²) in [5, 5.41) is 2.92. The highest BCUT2D eigenvalue weighted by Crippen LogP contribution is 2.33. The third-order valence-electron chi connectivity index (χ3n) is 4.88. The molecule has 1 aliphatic rings. The standard InChI is InChI=1S/C19H27NO2/c1-14(2)16-8-10-17(11-9-16)19(22)20-18(13-21)12-15-6-4-3-5-7-15/h3-7,13-14,16-18H,8-12H2,1-2H3,(H,20,22)/t16?,17?,18-/m1/s1. The average Bonchev–Trinajstić information content (AvgIpc) is 2.55. The molecule has 1 fully saturated rings. The number of carbonyl (C=O) groups is 2. The van der Waals surface area contributed by atoms with Crippen molar-refractivity contribution in [3.05, 3.63) is 35.9 Å². The van der Waals surface area contributed by atoms with Gasteiger partial charge in [-0.1, -0.05) is 44.2 Å². The van der Waals surface area contributed by atoms with Crippen LogP contribution >= 0.6 is 0 Å². The Hall–Kier alpha value is -1.64. The summed E-state index contributed by atoms with van der Waals surface area (Å²) in [7, 11) is 0. The van der Waals surface area contributed by atoms with Gasteiger partial charge in [0.15, 0.2) is 0 Å². The van der Waals surface area contributed by atoms with E-state index in [-0.39, 0.29) is 11.8 Å². The molecule has 0 radical (unpaired) electrons. The average molecular weight is 301 g/mol. The first-order valence-electron chi connectivity index (χ1n) is 8.39. The van der Waals surface area contributed by atoms with Crippen LogP contribution in [0, 0.1) is 17.8 Å². The van der Waals surface area contributed by atoms with Gasteiger partial charge in [0.05, 0.1) is 6.04 Å². The fourth-order valence-electron chi connectivity index (χ4n) is 3.35. The SMILES string of the molecule is CC(C)C1CCC(C(=O)N[C@@H](C=O)Cc2ccccc2)CC1. The van der Waals surface area contributed by atoms with Crippen molar-refractivity contribution < 1.29 is 9.59 Å². The van der Waals surface area contributed by atoms with Crippen LogP contribution in [0.5, 0.6) is 0 Å². The summed E-state index contributed by atoms with van der Waals surface area (Å²) in [6, 6.07) is 9.40. The lowest BCUT2D eigenvalue weighted by molar-refractivity contribution is -0.128. The Kier molecular flexibility index (Phi) is 6.17. The molecule has 1 aromatic rings. The molecule has 0 spiro atoms. The van der Waals surface area contributed by atoms with Crippen molar-refractivity contribution in [2.24, 2.45) is 17.8 Å². The second-order valence-corrected chi connectivity index (χ2v) is 6.80. The highest BCUT2D eigenvalue weighted by atomic mass is 16.2. The molecule has 1 aromatic carbocycles. The first-order chi connectivity index (χ1) is 10.6. The number of carbonyl (C=O) groups excluding carboxylic acids is 2. The zero-order chi connectivity index (χ0) is 15.9. The normalized spacial score (nSPS) is 23.0. The first-order valence-corrected chi connectivity index (χ1v) is 8.39. The Morgan fingerprint density at radius 2 is 1.82 bits per heavy atom. The van der Waals surface area contributed by atoms with Gasteiger partial charge in [-0.3, -0.25) is 4.79 Å². The zero-order valence-corrected chi connectivity index (χ0v) is 13.6. The maximum atomic E-state index is 12.4. The number of nitrogens with one attached hydrogen (secondary N) is 1. The van der Waals surface area contributed by atoms with E-state index in [4.69, 9.17) is 0 Å². The Balaban J connectivity index is 1.84. The highest BCUT2D eigenvalue weighted by Gasteiger charge is 2.28. The molecule has 3 heteroatoms. The fourth-order valence-corrected chi connectivity index (χ4v) is 3.35. The number of amides is 1. The van der Waals surface area contributed by atoms with E-state index in [2.05, 4.69) is 19.2 Å². The Bertz CT molecular complexity index is 475. The number of rotatable bonds is 6. The smallest absolute Gasteiger partial charge is 0.223 e. The molecule has 120 valence electrons. The second kappa shape index (κ2) is 8.11. The summed E-state index contributed by atoms with van der Waals surface area (Å²) < 4.78 is 0. The highest BCUT2D eigenvalue weighted by molar-refractivity contribution is 5.82. The summed E-state index contributed by atoms with van der Waals surface area (Å²) in [6.45, 7) is 4.51. The predicted molar refractivity (Wildman–Crippen MR) is 88.4 cm³/mol. The van der Waals surface area contributed by atoms with E-state index in [9.17, 15) is 9.59 Å². The summed E-state index contributed by atoms with van der Waals surface area (Å²) in [4.78, 5) is 23.6. The van der Waals surface area contributed by atoms with Crippen molar-refractivity contribution >= 4 is 12.2 Å².